The highest BCUT2D eigenvalue weighted by Gasteiger charge is 2.09. The highest BCUT2D eigenvalue weighted by molar-refractivity contribution is 9.10. The Hall–Kier alpha value is -1.65. The van der Waals surface area contributed by atoms with Gasteiger partial charge >= 0.3 is 0 Å². The van der Waals surface area contributed by atoms with Crippen molar-refractivity contribution in [2.75, 3.05) is 5.32 Å². The number of nitrogens with one attached hydrogen (secondary N) is 1. The summed E-state index contributed by atoms with van der Waals surface area (Å²) in [5.41, 5.74) is 2.18. The van der Waals surface area contributed by atoms with Crippen molar-refractivity contribution in [2.24, 2.45) is 0 Å². The molecule has 0 aliphatic rings. The van der Waals surface area contributed by atoms with Gasteiger partial charge in [0, 0.05) is 28.2 Å². The molecule has 3 rings (SSSR count). The van der Waals surface area contributed by atoms with E-state index in [4.69, 9.17) is 11.6 Å². The first-order valence-corrected chi connectivity index (χ1v) is 7.53. The van der Waals surface area contributed by atoms with Crippen LogP contribution in [0.15, 0.2) is 53.1 Å². The van der Waals surface area contributed by atoms with Crippen molar-refractivity contribution >= 4 is 44.1 Å². The normalized spacial score (nSPS) is 10.8. The molecule has 0 aliphatic carbocycles. The van der Waals surface area contributed by atoms with Gasteiger partial charge in [0.1, 0.15) is 5.82 Å². The van der Waals surface area contributed by atoms with Gasteiger partial charge in [0.05, 0.1) is 16.2 Å². The Labute approximate surface area is 135 Å². The Bertz CT molecular complexity index is 802. The molecule has 0 radical (unpaired) electrons. The van der Waals surface area contributed by atoms with E-state index in [-0.39, 0.29) is 5.82 Å². The van der Waals surface area contributed by atoms with E-state index in [2.05, 4.69) is 26.2 Å². The van der Waals surface area contributed by atoms with Crippen molar-refractivity contribution in [3.05, 3.63) is 69.5 Å². The van der Waals surface area contributed by atoms with Gasteiger partial charge in [-0.2, -0.15) is 0 Å². The summed E-state index contributed by atoms with van der Waals surface area (Å²) in [7, 11) is 0. The molecule has 0 aliphatic heterocycles. The van der Waals surface area contributed by atoms with E-state index in [1.54, 1.807) is 18.3 Å². The molecule has 0 bridgehead atoms. The quantitative estimate of drug-likeness (QED) is 0.672. The topological polar surface area (TPSA) is 24.9 Å². The lowest BCUT2D eigenvalue weighted by atomic mass is 10.1. The summed E-state index contributed by atoms with van der Waals surface area (Å²) in [5.74, 6) is -0.235. The van der Waals surface area contributed by atoms with Crippen LogP contribution >= 0.6 is 27.5 Å². The summed E-state index contributed by atoms with van der Waals surface area (Å²) >= 11 is 9.67. The van der Waals surface area contributed by atoms with Crippen molar-refractivity contribution < 1.29 is 4.39 Å². The minimum absolute atomic E-state index is 0.235. The number of halogens is 3. The number of anilines is 1. The lowest BCUT2D eigenvalue weighted by molar-refractivity contribution is 0.613. The predicted octanol–water partition coefficient (Wildman–Crippen LogP) is 5.40. The molecule has 0 saturated heterocycles. The van der Waals surface area contributed by atoms with Crippen LogP contribution in [0.3, 0.4) is 0 Å². The molecule has 5 heteroatoms. The maximum Gasteiger partial charge on any atom is 0.128 e. The lowest BCUT2D eigenvalue weighted by Crippen LogP contribution is -2.03. The molecule has 0 fully saturated rings. The summed E-state index contributed by atoms with van der Waals surface area (Å²) in [4.78, 5) is 4.29. The fourth-order valence-corrected chi connectivity index (χ4v) is 2.72. The van der Waals surface area contributed by atoms with Crippen LogP contribution in [0.5, 0.6) is 0 Å². The van der Waals surface area contributed by atoms with Gasteiger partial charge in [0.25, 0.3) is 0 Å². The Balaban J connectivity index is 1.98. The second-order valence-electron chi connectivity index (χ2n) is 4.59. The number of hydrogen-bond donors (Lipinski definition) is 1. The fourth-order valence-electron chi connectivity index (χ4n) is 2.15. The Morgan fingerprint density at radius 3 is 2.81 bits per heavy atom. The number of hydrogen-bond acceptors (Lipinski definition) is 2. The Morgan fingerprint density at radius 2 is 2.00 bits per heavy atom. The minimum atomic E-state index is -0.235. The molecule has 1 N–H and O–H groups in total. The molecule has 0 atom stereocenters. The molecular weight excluding hydrogens is 355 g/mol. The second-order valence-corrected chi connectivity index (χ2v) is 5.91. The fraction of sp³-hybridized carbons (Fsp3) is 0.0625. The van der Waals surface area contributed by atoms with Crippen LogP contribution in [0.25, 0.3) is 10.9 Å². The molecule has 2 aromatic carbocycles. The average molecular weight is 366 g/mol. The highest BCUT2D eigenvalue weighted by atomic mass is 79.9. The van der Waals surface area contributed by atoms with Crippen LogP contribution in [-0.2, 0) is 6.54 Å². The van der Waals surface area contributed by atoms with Gasteiger partial charge in [-0.05, 0) is 24.3 Å². The lowest BCUT2D eigenvalue weighted by Gasteiger charge is -2.12. The first kappa shape index (κ1) is 14.3. The maximum absolute atomic E-state index is 13.7. The van der Waals surface area contributed by atoms with E-state index in [1.165, 1.54) is 6.07 Å². The average Bonchev–Trinajstić information content (AvgIpc) is 2.48. The van der Waals surface area contributed by atoms with E-state index in [0.717, 1.165) is 21.1 Å². The third kappa shape index (κ3) is 3.01. The molecule has 1 heterocycles. The molecule has 106 valence electrons. The Morgan fingerprint density at radius 1 is 1.19 bits per heavy atom. The Kier molecular flexibility index (Phi) is 4.08. The van der Waals surface area contributed by atoms with Gasteiger partial charge in [-0.25, -0.2) is 4.39 Å². The molecular formula is C16H11BrClFN2. The summed E-state index contributed by atoms with van der Waals surface area (Å²) < 4.78 is 14.6. The van der Waals surface area contributed by atoms with Crippen molar-refractivity contribution in [3.8, 4) is 0 Å². The SMILES string of the molecule is Fc1ccccc1CNc1c(Cl)cnc2ccc(Br)cc12. The zero-order chi connectivity index (χ0) is 14.8. The van der Waals surface area contributed by atoms with Crippen LogP contribution in [0.2, 0.25) is 5.02 Å². The smallest absolute Gasteiger partial charge is 0.128 e. The summed E-state index contributed by atoms with van der Waals surface area (Å²) in [5, 5.41) is 4.62. The summed E-state index contributed by atoms with van der Waals surface area (Å²) in [6.07, 6.45) is 1.60. The highest BCUT2D eigenvalue weighted by Crippen LogP contribution is 2.31. The predicted molar refractivity (Wildman–Crippen MR) is 88.2 cm³/mol. The van der Waals surface area contributed by atoms with Gasteiger partial charge < -0.3 is 5.32 Å². The first-order chi connectivity index (χ1) is 10.1. The van der Waals surface area contributed by atoms with Gasteiger partial charge in [0.15, 0.2) is 0 Å². The van der Waals surface area contributed by atoms with Crippen LogP contribution in [0, 0.1) is 5.82 Å². The van der Waals surface area contributed by atoms with Crippen molar-refractivity contribution in [2.45, 2.75) is 6.54 Å². The number of rotatable bonds is 3. The molecule has 0 spiro atoms. The number of fused-ring (bicyclic) bond motifs is 1. The van der Waals surface area contributed by atoms with Gasteiger partial charge in [0.2, 0.25) is 0 Å². The molecule has 3 aromatic rings. The molecule has 0 saturated carbocycles. The summed E-state index contributed by atoms with van der Waals surface area (Å²) in [6.45, 7) is 0.359. The third-order valence-electron chi connectivity index (χ3n) is 3.20. The van der Waals surface area contributed by atoms with Gasteiger partial charge in [-0.3, -0.25) is 4.98 Å². The largest absolute Gasteiger partial charge is 0.379 e. The monoisotopic (exact) mass is 364 g/mol. The van der Waals surface area contributed by atoms with Crippen molar-refractivity contribution in [1.82, 2.24) is 4.98 Å². The molecule has 0 amide bonds. The van der Waals surface area contributed by atoms with Gasteiger partial charge in [-0.15, -0.1) is 0 Å². The van der Waals surface area contributed by atoms with Crippen molar-refractivity contribution in [1.29, 1.82) is 0 Å². The van der Waals surface area contributed by atoms with E-state index in [1.807, 2.05) is 24.3 Å². The van der Waals surface area contributed by atoms with Crippen LogP contribution in [0.1, 0.15) is 5.56 Å². The second kappa shape index (κ2) is 6.00. The van der Waals surface area contributed by atoms with E-state index < -0.39 is 0 Å². The third-order valence-corrected chi connectivity index (χ3v) is 3.98. The summed E-state index contributed by atoms with van der Waals surface area (Å²) in [6, 6.07) is 12.4. The molecule has 0 unspecified atom stereocenters. The van der Waals surface area contributed by atoms with Crippen molar-refractivity contribution in [3.63, 3.8) is 0 Å². The molecule has 21 heavy (non-hydrogen) atoms. The number of aromatic nitrogens is 1. The van der Waals surface area contributed by atoms with Gasteiger partial charge in [-0.1, -0.05) is 45.7 Å². The van der Waals surface area contributed by atoms with E-state index >= 15 is 0 Å². The molecule has 1 aromatic heterocycles. The number of benzene rings is 2. The van der Waals surface area contributed by atoms with Crippen LogP contribution < -0.4 is 5.32 Å². The first-order valence-electron chi connectivity index (χ1n) is 6.36. The van der Waals surface area contributed by atoms with E-state index in [9.17, 15) is 4.39 Å². The minimum Gasteiger partial charge on any atom is -0.379 e. The maximum atomic E-state index is 13.7. The zero-order valence-electron chi connectivity index (χ0n) is 10.9. The van der Waals surface area contributed by atoms with Crippen LogP contribution in [-0.4, -0.2) is 4.98 Å². The van der Waals surface area contributed by atoms with E-state index in [0.29, 0.717) is 17.1 Å². The zero-order valence-corrected chi connectivity index (χ0v) is 13.2. The molecule has 2 nitrogen and oxygen atoms in total. The number of pyridine rings is 1. The standard InChI is InChI=1S/C16H11BrClFN2/c17-11-5-6-15-12(7-11)16(13(18)9-20-15)21-8-10-3-1-2-4-14(10)19/h1-7,9H,8H2,(H,20,21). The number of nitrogens with zero attached hydrogens (tertiary/aromatic N) is 1. The van der Waals surface area contributed by atoms with Crippen LogP contribution in [0.4, 0.5) is 10.1 Å².